The maximum atomic E-state index is 9.75. The molecule has 0 spiro atoms. The number of nitrogens with zero attached hydrogens (tertiary/aromatic N) is 3. The van der Waals surface area contributed by atoms with E-state index in [2.05, 4.69) is 54.0 Å². The Hall–Kier alpha value is -1.65. The second-order valence-corrected chi connectivity index (χ2v) is 6.86. The first-order valence-electron chi connectivity index (χ1n) is 9.18. The van der Waals surface area contributed by atoms with Gasteiger partial charge in [0.25, 0.3) is 0 Å². The standard InChI is InChI=1S/C20H29N3O/c1-4-16-12-20(18-8-6-7-9-19(18)21-16)23-11-10-22(13-15(3)24)17(5-2)14-23/h6-9,12,15,17,24H,4-5,10-11,13-14H2,1-3H3. The number of para-hydroxylation sites is 1. The fourth-order valence-corrected chi connectivity index (χ4v) is 3.73. The van der Waals surface area contributed by atoms with Crippen LogP contribution in [0.2, 0.25) is 0 Å². The molecule has 1 aliphatic heterocycles. The molecule has 0 saturated carbocycles. The number of pyridine rings is 1. The predicted octanol–water partition coefficient (Wildman–Crippen LogP) is 3.08. The summed E-state index contributed by atoms with van der Waals surface area (Å²) < 4.78 is 0. The first-order valence-corrected chi connectivity index (χ1v) is 9.18. The maximum Gasteiger partial charge on any atom is 0.0726 e. The molecule has 2 atom stereocenters. The van der Waals surface area contributed by atoms with Gasteiger partial charge < -0.3 is 10.0 Å². The van der Waals surface area contributed by atoms with E-state index >= 15 is 0 Å². The Morgan fingerprint density at radius 1 is 1.25 bits per heavy atom. The fraction of sp³-hybridized carbons (Fsp3) is 0.550. The van der Waals surface area contributed by atoms with Gasteiger partial charge in [-0.25, -0.2) is 0 Å². The number of β-amino-alcohol motifs (C(OH)–C–C–N with tert-alkyl or cyclic N) is 1. The molecule has 1 fully saturated rings. The zero-order valence-corrected chi connectivity index (χ0v) is 15.1. The SMILES string of the molecule is CCc1cc(N2CCN(CC(C)O)C(CC)C2)c2ccccc2n1. The third kappa shape index (κ3) is 3.55. The summed E-state index contributed by atoms with van der Waals surface area (Å²) in [6.07, 6.45) is 1.79. The summed E-state index contributed by atoms with van der Waals surface area (Å²) in [6, 6.07) is 11.2. The number of hydrogen-bond acceptors (Lipinski definition) is 4. The van der Waals surface area contributed by atoms with Gasteiger partial charge >= 0.3 is 0 Å². The van der Waals surface area contributed by atoms with Gasteiger partial charge in [0.05, 0.1) is 11.6 Å². The van der Waals surface area contributed by atoms with Crippen LogP contribution in [0.5, 0.6) is 0 Å². The Morgan fingerprint density at radius 2 is 2.04 bits per heavy atom. The average Bonchev–Trinajstić information content (AvgIpc) is 2.60. The Bertz CT molecular complexity index is 686. The minimum atomic E-state index is -0.265. The molecule has 0 aliphatic carbocycles. The van der Waals surface area contributed by atoms with E-state index in [1.165, 1.54) is 11.1 Å². The van der Waals surface area contributed by atoms with Crippen molar-refractivity contribution in [1.29, 1.82) is 0 Å². The van der Waals surface area contributed by atoms with Crippen molar-refractivity contribution in [2.75, 3.05) is 31.1 Å². The monoisotopic (exact) mass is 327 g/mol. The van der Waals surface area contributed by atoms with Crippen LogP contribution in [0.4, 0.5) is 5.69 Å². The van der Waals surface area contributed by atoms with Crippen molar-refractivity contribution in [1.82, 2.24) is 9.88 Å². The smallest absolute Gasteiger partial charge is 0.0726 e. The molecule has 1 aromatic heterocycles. The third-order valence-electron chi connectivity index (χ3n) is 5.02. The molecule has 1 aliphatic rings. The summed E-state index contributed by atoms with van der Waals surface area (Å²) in [5.74, 6) is 0. The van der Waals surface area contributed by atoms with Crippen molar-refractivity contribution in [2.45, 2.75) is 45.8 Å². The molecule has 3 rings (SSSR count). The summed E-state index contributed by atoms with van der Waals surface area (Å²) in [5.41, 5.74) is 3.56. The van der Waals surface area contributed by atoms with Crippen LogP contribution in [0.3, 0.4) is 0 Å². The minimum absolute atomic E-state index is 0.265. The van der Waals surface area contributed by atoms with Crippen LogP contribution in [0, 0.1) is 0 Å². The van der Waals surface area contributed by atoms with Gasteiger partial charge in [0.2, 0.25) is 0 Å². The van der Waals surface area contributed by atoms with Gasteiger partial charge in [-0.2, -0.15) is 0 Å². The van der Waals surface area contributed by atoms with E-state index in [1.807, 2.05) is 6.92 Å². The van der Waals surface area contributed by atoms with Crippen molar-refractivity contribution in [3.8, 4) is 0 Å². The summed E-state index contributed by atoms with van der Waals surface area (Å²) >= 11 is 0. The molecule has 4 heteroatoms. The Kier molecular flexibility index (Phi) is 5.36. The van der Waals surface area contributed by atoms with Crippen LogP contribution in [0.25, 0.3) is 10.9 Å². The van der Waals surface area contributed by atoms with Gasteiger partial charge in [-0.1, -0.05) is 32.0 Å². The quantitative estimate of drug-likeness (QED) is 0.916. The molecule has 130 valence electrons. The van der Waals surface area contributed by atoms with Crippen LogP contribution in [0.15, 0.2) is 30.3 Å². The Balaban J connectivity index is 1.91. The molecule has 2 heterocycles. The van der Waals surface area contributed by atoms with E-state index < -0.39 is 0 Å². The largest absolute Gasteiger partial charge is 0.392 e. The second kappa shape index (κ2) is 7.49. The molecule has 4 nitrogen and oxygen atoms in total. The first-order chi connectivity index (χ1) is 11.6. The zero-order chi connectivity index (χ0) is 17.1. The van der Waals surface area contributed by atoms with Gasteiger partial charge in [0, 0.05) is 49.0 Å². The number of aromatic nitrogens is 1. The average molecular weight is 327 g/mol. The fourth-order valence-electron chi connectivity index (χ4n) is 3.73. The molecule has 0 bridgehead atoms. The highest BCUT2D eigenvalue weighted by Gasteiger charge is 2.27. The van der Waals surface area contributed by atoms with Crippen LogP contribution >= 0.6 is 0 Å². The van der Waals surface area contributed by atoms with Crippen molar-refractivity contribution in [3.63, 3.8) is 0 Å². The highest BCUT2D eigenvalue weighted by atomic mass is 16.3. The van der Waals surface area contributed by atoms with E-state index in [0.717, 1.165) is 50.2 Å². The van der Waals surface area contributed by atoms with Crippen LogP contribution in [-0.4, -0.2) is 53.3 Å². The second-order valence-electron chi connectivity index (χ2n) is 6.86. The number of rotatable bonds is 5. The number of benzene rings is 1. The number of anilines is 1. The van der Waals surface area contributed by atoms with Gasteiger partial charge in [-0.15, -0.1) is 0 Å². The summed E-state index contributed by atoms with van der Waals surface area (Å²) in [6.45, 7) is 10.1. The lowest BCUT2D eigenvalue weighted by Crippen LogP contribution is -2.54. The molecule has 2 unspecified atom stereocenters. The number of fused-ring (bicyclic) bond motifs is 1. The molecule has 2 aromatic rings. The number of aryl methyl sites for hydroxylation is 1. The predicted molar refractivity (Wildman–Crippen MR) is 101 cm³/mol. The van der Waals surface area contributed by atoms with Crippen molar-refractivity contribution >= 4 is 16.6 Å². The normalized spacial score (nSPS) is 20.5. The van der Waals surface area contributed by atoms with Crippen LogP contribution in [-0.2, 0) is 6.42 Å². The maximum absolute atomic E-state index is 9.75. The molecular weight excluding hydrogens is 298 g/mol. The van der Waals surface area contributed by atoms with E-state index in [4.69, 9.17) is 4.98 Å². The van der Waals surface area contributed by atoms with Gasteiger partial charge in [-0.05, 0) is 31.9 Å². The Morgan fingerprint density at radius 3 is 2.75 bits per heavy atom. The van der Waals surface area contributed by atoms with E-state index in [1.54, 1.807) is 0 Å². The number of aliphatic hydroxyl groups excluding tert-OH is 1. The third-order valence-corrected chi connectivity index (χ3v) is 5.02. The van der Waals surface area contributed by atoms with Gasteiger partial charge in [-0.3, -0.25) is 9.88 Å². The van der Waals surface area contributed by atoms with E-state index in [9.17, 15) is 5.11 Å². The lowest BCUT2D eigenvalue weighted by Gasteiger charge is -2.43. The molecule has 1 aromatic carbocycles. The minimum Gasteiger partial charge on any atom is -0.392 e. The number of piperazine rings is 1. The molecule has 0 radical (unpaired) electrons. The molecule has 1 saturated heterocycles. The van der Waals surface area contributed by atoms with Crippen molar-refractivity contribution < 1.29 is 5.11 Å². The van der Waals surface area contributed by atoms with Gasteiger partial charge in [0.1, 0.15) is 0 Å². The summed E-state index contributed by atoms with van der Waals surface area (Å²) in [7, 11) is 0. The van der Waals surface area contributed by atoms with Crippen LogP contribution in [0.1, 0.15) is 32.9 Å². The molecule has 24 heavy (non-hydrogen) atoms. The summed E-state index contributed by atoms with van der Waals surface area (Å²) in [4.78, 5) is 9.72. The zero-order valence-electron chi connectivity index (χ0n) is 15.1. The van der Waals surface area contributed by atoms with E-state index in [0.29, 0.717) is 6.04 Å². The number of hydrogen-bond donors (Lipinski definition) is 1. The van der Waals surface area contributed by atoms with Gasteiger partial charge in [0.15, 0.2) is 0 Å². The molecule has 1 N–H and O–H groups in total. The van der Waals surface area contributed by atoms with Crippen molar-refractivity contribution in [3.05, 3.63) is 36.0 Å². The number of aliphatic hydroxyl groups is 1. The molecular formula is C20H29N3O. The Labute approximate surface area is 145 Å². The van der Waals surface area contributed by atoms with Crippen molar-refractivity contribution in [2.24, 2.45) is 0 Å². The highest BCUT2D eigenvalue weighted by molar-refractivity contribution is 5.92. The highest BCUT2D eigenvalue weighted by Crippen LogP contribution is 2.29. The first kappa shape index (κ1) is 17.2. The summed E-state index contributed by atoms with van der Waals surface area (Å²) in [5, 5.41) is 11.0. The lowest BCUT2D eigenvalue weighted by molar-refractivity contribution is 0.0886. The van der Waals surface area contributed by atoms with E-state index in [-0.39, 0.29) is 6.10 Å². The topological polar surface area (TPSA) is 39.6 Å². The molecule has 0 amide bonds. The van der Waals surface area contributed by atoms with Crippen LogP contribution < -0.4 is 4.90 Å². The lowest BCUT2D eigenvalue weighted by atomic mass is 10.1.